The molecular weight excluding hydrogens is 390 g/mol. The average Bonchev–Trinajstić information content (AvgIpc) is 2.56. The number of ether oxygens (including phenoxy) is 1. The van der Waals surface area contributed by atoms with Gasteiger partial charge in [0, 0.05) is 16.8 Å². The number of amides is 1. The van der Waals surface area contributed by atoms with Gasteiger partial charge in [-0.3, -0.25) is 9.10 Å². The number of hydrogen-bond donors (Lipinski definition) is 1. The smallest absolute Gasteiger partial charge is 0.267 e. The van der Waals surface area contributed by atoms with Crippen LogP contribution in [0.25, 0.3) is 0 Å². The lowest BCUT2D eigenvalue weighted by molar-refractivity contribution is -0.122. The van der Waals surface area contributed by atoms with Gasteiger partial charge in [-0.25, -0.2) is 17.2 Å². The van der Waals surface area contributed by atoms with E-state index in [1.54, 1.807) is 0 Å². The third-order valence-electron chi connectivity index (χ3n) is 3.67. The Hall–Kier alpha value is -2.39. The molecule has 1 atom stereocenters. The van der Waals surface area contributed by atoms with E-state index in [1.165, 1.54) is 24.3 Å². The lowest BCUT2D eigenvalue weighted by Crippen LogP contribution is -2.48. The Morgan fingerprint density at radius 1 is 1.23 bits per heavy atom. The second kappa shape index (κ2) is 6.73. The van der Waals surface area contributed by atoms with E-state index in [9.17, 15) is 22.0 Å². The second-order valence-electron chi connectivity index (χ2n) is 5.63. The van der Waals surface area contributed by atoms with Gasteiger partial charge in [-0.05, 0) is 30.3 Å². The van der Waals surface area contributed by atoms with Crippen LogP contribution in [0.3, 0.4) is 0 Å². The van der Waals surface area contributed by atoms with Crippen LogP contribution in [0.4, 0.5) is 20.2 Å². The lowest BCUT2D eigenvalue weighted by atomic mass is 10.2. The molecule has 0 saturated carbocycles. The van der Waals surface area contributed by atoms with Gasteiger partial charge in [-0.1, -0.05) is 11.6 Å². The van der Waals surface area contributed by atoms with E-state index in [-0.39, 0.29) is 23.7 Å². The van der Waals surface area contributed by atoms with Crippen LogP contribution >= 0.6 is 11.6 Å². The zero-order valence-corrected chi connectivity index (χ0v) is 14.9. The van der Waals surface area contributed by atoms with Crippen molar-refractivity contribution in [1.29, 1.82) is 0 Å². The molecule has 0 spiro atoms. The Labute approximate surface area is 153 Å². The molecule has 0 radical (unpaired) electrons. The van der Waals surface area contributed by atoms with Crippen molar-refractivity contribution in [2.45, 2.75) is 6.10 Å². The Morgan fingerprint density at radius 2 is 1.96 bits per heavy atom. The maximum Gasteiger partial charge on any atom is 0.267 e. The summed E-state index contributed by atoms with van der Waals surface area (Å²) < 4.78 is 57.0. The Kier molecular flexibility index (Phi) is 4.76. The molecule has 2 aromatic carbocycles. The van der Waals surface area contributed by atoms with Crippen LogP contribution in [0, 0.1) is 11.6 Å². The van der Waals surface area contributed by atoms with Crippen molar-refractivity contribution in [3.8, 4) is 5.75 Å². The first kappa shape index (κ1) is 18.4. The number of fused-ring (bicyclic) bond motifs is 1. The molecule has 0 aromatic heterocycles. The maximum absolute atomic E-state index is 13.3. The summed E-state index contributed by atoms with van der Waals surface area (Å²) in [4.78, 5) is 12.4. The zero-order valence-electron chi connectivity index (χ0n) is 13.4. The minimum absolute atomic E-state index is 0.0188. The summed E-state index contributed by atoms with van der Waals surface area (Å²) in [6.07, 6.45) is -0.195. The first-order valence-electron chi connectivity index (χ1n) is 7.35. The van der Waals surface area contributed by atoms with Crippen LogP contribution in [-0.4, -0.2) is 33.2 Å². The topological polar surface area (TPSA) is 75.7 Å². The van der Waals surface area contributed by atoms with Crippen LogP contribution in [-0.2, 0) is 14.8 Å². The first-order chi connectivity index (χ1) is 12.1. The fourth-order valence-corrected chi connectivity index (χ4v) is 3.54. The Bertz CT molecular complexity index is 984. The van der Waals surface area contributed by atoms with Crippen LogP contribution in [0.15, 0.2) is 36.4 Å². The van der Waals surface area contributed by atoms with Gasteiger partial charge in [0.15, 0.2) is 17.7 Å². The number of carbonyl (C=O) groups is 1. The first-order valence-corrected chi connectivity index (χ1v) is 9.57. The normalized spacial score (nSPS) is 16.6. The van der Waals surface area contributed by atoms with Gasteiger partial charge in [0.2, 0.25) is 10.0 Å². The highest BCUT2D eigenvalue weighted by atomic mass is 35.5. The van der Waals surface area contributed by atoms with Gasteiger partial charge in [0.1, 0.15) is 5.75 Å². The Balaban J connectivity index is 1.88. The molecule has 3 rings (SSSR count). The van der Waals surface area contributed by atoms with Crippen LogP contribution in [0.1, 0.15) is 0 Å². The number of rotatable bonds is 3. The number of anilines is 2. The fourth-order valence-electron chi connectivity index (χ4n) is 2.47. The van der Waals surface area contributed by atoms with Gasteiger partial charge >= 0.3 is 0 Å². The summed E-state index contributed by atoms with van der Waals surface area (Å²) in [6.45, 7) is -0.290. The molecule has 6 nitrogen and oxygen atoms in total. The number of benzene rings is 2. The van der Waals surface area contributed by atoms with Crippen molar-refractivity contribution in [2.24, 2.45) is 0 Å². The van der Waals surface area contributed by atoms with E-state index in [0.717, 1.165) is 22.7 Å². The number of nitrogens with one attached hydrogen (secondary N) is 1. The lowest BCUT2D eigenvalue weighted by Gasteiger charge is -2.34. The van der Waals surface area contributed by atoms with E-state index < -0.39 is 33.7 Å². The van der Waals surface area contributed by atoms with E-state index in [1.807, 2.05) is 0 Å². The molecule has 2 aromatic rings. The van der Waals surface area contributed by atoms with Crippen molar-refractivity contribution >= 4 is 38.9 Å². The van der Waals surface area contributed by atoms with Crippen molar-refractivity contribution < 1.29 is 26.7 Å². The highest BCUT2D eigenvalue weighted by Gasteiger charge is 2.35. The molecule has 1 heterocycles. The minimum atomic E-state index is -3.70. The molecule has 26 heavy (non-hydrogen) atoms. The van der Waals surface area contributed by atoms with Gasteiger partial charge in [0.05, 0.1) is 18.5 Å². The van der Waals surface area contributed by atoms with Crippen molar-refractivity contribution in [2.75, 3.05) is 22.4 Å². The summed E-state index contributed by atoms with van der Waals surface area (Å²) in [5, 5.41) is 2.69. The number of hydrogen-bond acceptors (Lipinski definition) is 4. The minimum Gasteiger partial charge on any atom is -0.476 e. The SMILES string of the molecule is CS(=O)(=O)N1C[C@@H](C(=O)Nc2ccc(F)c(F)c2)Oc2ccc(Cl)cc21. The quantitative estimate of drug-likeness (QED) is 0.856. The zero-order chi connectivity index (χ0) is 19.1. The van der Waals surface area contributed by atoms with Crippen LogP contribution in [0.5, 0.6) is 5.75 Å². The molecule has 10 heteroatoms. The van der Waals surface area contributed by atoms with Crippen LogP contribution in [0.2, 0.25) is 5.02 Å². The van der Waals surface area contributed by atoms with E-state index in [0.29, 0.717) is 5.02 Å². The van der Waals surface area contributed by atoms with Crippen molar-refractivity contribution in [3.05, 3.63) is 53.1 Å². The highest BCUT2D eigenvalue weighted by Crippen LogP contribution is 2.37. The number of sulfonamides is 1. The second-order valence-corrected chi connectivity index (χ2v) is 7.97. The molecule has 0 saturated heterocycles. The molecule has 1 aliphatic rings. The van der Waals surface area contributed by atoms with Gasteiger partial charge in [-0.2, -0.15) is 0 Å². The summed E-state index contributed by atoms with van der Waals surface area (Å²) >= 11 is 5.90. The molecule has 0 aliphatic carbocycles. The van der Waals surface area contributed by atoms with Gasteiger partial charge in [-0.15, -0.1) is 0 Å². The molecule has 0 fully saturated rings. The average molecular weight is 403 g/mol. The predicted octanol–water partition coefficient (Wildman–Crippen LogP) is 2.78. The molecule has 138 valence electrons. The van der Waals surface area contributed by atoms with E-state index >= 15 is 0 Å². The highest BCUT2D eigenvalue weighted by molar-refractivity contribution is 7.92. The largest absolute Gasteiger partial charge is 0.476 e. The maximum atomic E-state index is 13.3. The summed E-state index contributed by atoms with van der Waals surface area (Å²) in [6, 6.07) is 7.23. The number of halogens is 3. The number of carbonyl (C=O) groups excluding carboxylic acids is 1. The third-order valence-corrected chi connectivity index (χ3v) is 5.05. The molecular formula is C16H13ClF2N2O4S. The summed E-state index contributed by atoms with van der Waals surface area (Å²) in [5.41, 5.74) is 0.238. The van der Waals surface area contributed by atoms with Crippen LogP contribution < -0.4 is 14.4 Å². The molecule has 1 aliphatic heterocycles. The number of nitrogens with zero attached hydrogens (tertiary/aromatic N) is 1. The fraction of sp³-hybridized carbons (Fsp3) is 0.188. The van der Waals surface area contributed by atoms with Gasteiger partial charge < -0.3 is 10.1 Å². The standard InChI is InChI=1S/C16H13ClF2N2O4S/c1-26(23,24)21-8-15(25-14-5-2-9(17)6-13(14)21)16(22)20-10-3-4-11(18)12(19)7-10/h2-7,15H,8H2,1H3,(H,20,22)/t15-/m0/s1. The molecule has 1 amide bonds. The third kappa shape index (κ3) is 3.73. The Morgan fingerprint density at radius 3 is 2.62 bits per heavy atom. The predicted molar refractivity (Wildman–Crippen MR) is 93.0 cm³/mol. The summed E-state index contributed by atoms with van der Waals surface area (Å²) in [5.74, 6) is -2.71. The molecule has 0 bridgehead atoms. The van der Waals surface area contributed by atoms with Crippen molar-refractivity contribution in [1.82, 2.24) is 0 Å². The van der Waals surface area contributed by atoms with Gasteiger partial charge in [0.25, 0.3) is 5.91 Å². The van der Waals surface area contributed by atoms with Crippen molar-refractivity contribution in [3.63, 3.8) is 0 Å². The van der Waals surface area contributed by atoms with E-state index in [4.69, 9.17) is 16.3 Å². The van der Waals surface area contributed by atoms with E-state index in [2.05, 4.69) is 5.32 Å². The molecule has 0 unspecified atom stereocenters. The monoisotopic (exact) mass is 402 g/mol. The summed E-state index contributed by atoms with van der Waals surface area (Å²) in [7, 11) is -3.70. The molecule has 1 N–H and O–H groups in total.